The highest BCUT2D eigenvalue weighted by Crippen LogP contribution is 2.56. The van der Waals surface area contributed by atoms with Crippen molar-refractivity contribution in [2.45, 2.75) is 110 Å². The van der Waals surface area contributed by atoms with Gasteiger partial charge in [-0.1, -0.05) is 217 Å². The second-order valence-electron chi connectivity index (χ2n) is 24.9. The largest absolute Gasteiger partial charge is 0.0619 e. The molecule has 348 valence electrons. The molecule has 0 amide bonds. The topological polar surface area (TPSA) is 0 Å². The summed E-state index contributed by atoms with van der Waals surface area (Å²) in [6.07, 6.45) is 0. The zero-order valence-corrected chi connectivity index (χ0v) is 43.7. The minimum Gasteiger partial charge on any atom is -0.0619 e. The Kier molecular flexibility index (Phi) is 9.00. The Balaban J connectivity index is 1.10. The molecule has 13 rings (SSSR count). The molecule has 0 atom stereocenters. The van der Waals surface area contributed by atoms with E-state index in [4.69, 9.17) is 0 Å². The van der Waals surface area contributed by atoms with E-state index in [-0.39, 0.29) is 27.1 Å². The van der Waals surface area contributed by atoms with E-state index in [1.54, 1.807) is 0 Å². The van der Waals surface area contributed by atoms with Gasteiger partial charge in [0.05, 0.1) is 0 Å². The van der Waals surface area contributed by atoms with Crippen LogP contribution in [0.25, 0.3) is 99.1 Å². The van der Waals surface area contributed by atoms with Crippen LogP contribution in [0.3, 0.4) is 0 Å². The molecule has 0 unspecified atom stereocenters. The van der Waals surface area contributed by atoms with E-state index < -0.39 is 0 Å². The van der Waals surface area contributed by atoms with Gasteiger partial charge in [-0.25, -0.2) is 0 Å². The smallest absolute Gasteiger partial charge is 0.0159 e. The predicted octanol–water partition coefficient (Wildman–Crippen LogP) is 19.7. The van der Waals surface area contributed by atoms with Gasteiger partial charge in [0.25, 0.3) is 0 Å². The Bertz CT molecular complexity index is 3960. The first kappa shape index (κ1) is 44.0. The molecular formula is C71H64. The molecule has 0 bridgehead atoms. The summed E-state index contributed by atoms with van der Waals surface area (Å²) in [5.41, 5.74) is 26.7. The molecule has 0 saturated carbocycles. The molecule has 3 aliphatic carbocycles. The van der Waals surface area contributed by atoms with Crippen molar-refractivity contribution in [3.63, 3.8) is 0 Å². The lowest BCUT2D eigenvalue weighted by Gasteiger charge is -2.27. The van der Waals surface area contributed by atoms with E-state index >= 15 is 0 Å². The molecule has 71 heavy (non-hydrogen) atoms. The standard InChI is InChI=1S/C71H64/c1-67(2,3)44-28-32-53-64(37-44)71(11,12)65-38-45(68(4,5)6)36-56(66(53)65)41-25-29-48-57(33-41)55(43-27-31-52-50-22-16-18-24-61(50)70(9,10)63(52)35-43)40-58-47-20-14-13-19-46(47)54(39-59(48)58)42-26-30-51-49-21-15-17-23-60(49)69(7,8)62(51)34-42/h13-40H,1-12H3. The van der Waals surface area contributed by atoms with Crippen LogP contribution in [0.1, 0.15) is 128 Å². The van der Waals surface area contributed by atoms with Crippen LogP contribution in [-0.2, 0) is 27.1 Å². The maximum atomic E-state index is 2.55. The Morgan fingerprint density at radius 3 is 1.25 bits per heavy atom. The molecule has 0 N–H and O–H groups in total. The zero-order valence-electron chi connectivity index (χ0n) is 43.7. The highest BCUT2D eigenvalue weighted by atomic mass is 14.4. The maximum Gasteiger partial charge on any atom is 0.0159 e. The number of benzene rings is 10. The molecule has 10 aromatic carbocycles. The van der Waals surface area contributed by atoms with Gasteiger partial charge in [0, 0.05) is 16.2 Å². The quantitative estimate of drug-likeness (QED) is 0.155. The van der Waals surface area contributed by atoms with Crippen molar-refractivity contribution >= 4 is 32.3 Å². The molecule has 0 fully saturated rings. The first-order chi connectivity index (χ1) is 33.7. The fourth-order valence-electron chi connectivity index (χ4n) is 13.4. The van der Waals surface area contributed by atoms with Gasteiger partial charge < -0.3 is 0 Å². The van der Waals surface area contributed by atoms with Crippen LogP contribution >= 0.6 is 0 Å². The van der Waals surface area contributed by atoms with Crippen molar-refractivity contribution in [3.8, 4) is 66.8 Å². The van der Waals surface area contributed by atoms with Gasteiger partial charge in [-0.2, -0.15) is 0 Å². The van der Waals surface area contributed by atoms with Crippen LogP contribution in [0.5, 0.6) is 0 Å². The summed E-state index contributed by atoms with van der Waals surface area (Å²) in [7, 11) is 0. The van der Waals surface area contributed by atoms with Crippen LogP contribution in [0, 0.1) is 0 Å². The number of rotatable bonds is 3. The van der Waals surface area contributed by atoms with E-state index in [0.29, 0.717) is 0 Å². The zero-order chi connectivity index (χ0) is 49.3. The average molecular weight is 917 g/mol. The second kappa shape index (κ2) is 14.5. The van der Waals surface area contributed by atoms with Crippen LogP contribution in [-0.4, -0.2) is 0 Å². The molecule has 0 aromatic heterocycles. The van der Waals surface area contributed by atoms with Crippen LogP contribution in [0.4, 0.5) is 0 Å². The normalized spacial score (nSPS) is 15.7. The summed E-state index contributed by atoms with van der Waals surface area (Å²) >= 11 is 0. The highest BCUT2D eigenvalue weighted by Gasteiger charge is 2.40. The molecule has 10 aromatic rings. The van der Waals surface area contributed by atoms with Gasteiger partial charge in [0.15, 0.2) is 0 Å². The fourth-order valence-corrected chi connectivity index (χ4v) is 13.4. The summed E-state index contributed by atoms with van der Waals surface area (Å²) in [5.74, 6) is 0. The first-order valence-corrected chi connectivity index (χ1v) is 26.0. The van der Waals surface area contributed by atoms with Gasteiger partial charge >= 0.3 is 0 Å². The molecule has 3 aliphatic rings. The summed E-state index contributed by atoms with van der Waals surface area (Å²) in [6, 6.07) is 66.6. The van der Waals surface area contributed by atoms with E-state index in [0.717, 1.165) is 0 Å². The van der Waals surface area contributed by atoms with Crippen LogP contribution in [0.2, 0.25) is 0 Å². The molecule has 0 heterocycles. The van der Waals surface area contributed by atoms with Crippen molar-refractivity contribution in [2.24, 2.45) is 0 Å². The molecule has 0 spiro atoms. The fraction of sp³-hybridized carbons (Fsp3) is 0.239. The lowest BCUT2D eigenvalue weighted by Crippen LogP contribution is -2.19. The van der Waals surface area contributed by atoms with Crippen molar-refractivity contribution in [1.29, 1.82) is 0 Å². The van der Waals surface area contributed by atoms with Crippen LogP contribution < -0.4 is 0 Å². The number of hydrogen-bond donors (Lipinski definition) is 0. The molecular weight excluding hydrogens is 853 g/mol. The van der Waals surface area contributed by atoms with Gasteiger partial charge in [0.2, 0.25) is 0 Å². The lowest BCUT2D eigenvalue weighted by molar-refractivity contribution is 0.580. The Morgan fingerprint density at radius 2 is 0.676 bits per heavy atom. The third kappa shape index (κ3) is 6.22. The second-order valence-corrected chi connectivity index (χ2v) is 24.9. The summed E-state index contributed by atoms with van der Waals surface area (Å²) < 4.78 is 0. The molecule has 0 nitrogen and oxygen atoms in total. The summed E-state index contributed by atoms with van der Waals surface area (Å²) in [4.78, 5) is 0. The molecule has 0 aliphatic heterocycles. The Hall–Kier alpha value is -7.02. The van der Waals surface area contributed by atoms with E-state index in [9.17, 15) is 0 Å². The van der Waals surface area contributed by atoms with Crippen molar-refractivity contribution in [2.75, 3.05) is 0 Å². The summed E-state index contributed by atoms with van der Waals surface area (Å²) in [6.45, 7) is 28.6. The third-order valence-corrected chi connectivity index (χ3v) is 17.6. The lowest BCUT2D eigenvalue weighted by atomic mass is 9.76. The Morgan fingerprint density at radius 1 is 0.254 bits per heavy atom. The van der Waals surface area contributed by atoms with Gasteiger partial charge in [-0.05, 0) is 191 Å². The number of hydrogen-bond acceptors (Lipinski definition) is 0. The van der Waals surface area contributed by atoms with Gasteiger partial charge in [-0.3, -0.25) is 0 Å². The molecule has 0 radical (unpaired) electrons. The van der Waals surface area contributed by atoms with Crippen molar-refractivity contribution in [3.05, 3.63) is 214 Å². The van der Waals surface area contributed by atoms with Gasteiger partial charge in [-0.15, -0.1) is 0 Å². The van der Waals surface area contributed by atoms with Crippen molar-refractivity contribution < 1.29 is 0 Å². The van der Waals surface area contributed by atoms with Crippen molar-refractivity contribution in [1.82, 2.24) is 0 Å². The molecule has 0 saturated heterocycles. The minimum atomic E-state index is -0.151. The first-order valence-electron chi connectivity index (χ1n) is 26.0. The SMILES string of the molecule is CC(C)(C)c1ccc2c(c1)C(C)(C)c1cc(C(C)(C)C)cc(-c3ccc4c(c3)c(-c3ccc5c(c3)C(C)(C)c3ccccc3-5)cc3c5ccccc5c(-c5ccc6c(c5)C(C)(C)c5ccccc5-6)cc43)c1-2. The minimum absolute atomic E-state index is 0.0365. The van der Waals surface area contributed by atoms with E-state index in [1.807, 2.05) is 0 Å². The van der Waals surface area contributed by atoms with Crippen LogP contribution in [0.15, 0.2) is 170 Å². The van der Waals surface area contributed by atoms with E-state index in [2.05, 4.69) is 253 Å². The predicted molar refractivity (Wildman–Crippen MR) is 305 cm³/mol. The third-order valence-electron chi connectivity index (χ3n) is 17.6. The van der Waals surface area contributed by atoms with Gasteiger partial charge in [0.1, 0.15) is 0 Å². The van der Waals surface area contributed by atoms with E-state index in [1.165, 1.54) is 144 Å². The highest BCUT2D eigenvalue weighted by molar-refractivity contribution is 6.24. The monoisotopic (exact) mass is 917 g/mol. The summed E-state index contributed by atoms with van der Waals surface area (Å²) in [5, 5.41) is 7.71. The maximum absolute atomic E-state index is 2.55. The number of fused-ring (bicyclic) bond motifs is 14. The average Bonchev–Trinajstić information content (AvgIpc) is 3.84. The Labute approximate surface area is 421 Å². The molecule has 0 heteroatoms.